The van der Waals surface area contributed by atoms with Gasteiger partial charge in [0.15, 0.2) is 0 Å². The highest BCUT2D eigenvalue weighted by Crippen LogP contribution is 2.13. The molecule has 21 heavy (non-hydrogen) atoms. The van der Waals surface area contributed by atoms with Crippen LogP contribution in [0.3, 0.4) is 0 Å². The van der Waals surface area contributed by atoms with E-state index in [1.165, 1.54) is 6.20 Å². The molecule has 6 heteroatoms. The number of aromatic nitrogens is 1. The quantitative estimate of drug-likeness (QED) is 0.847. The minimum absolute atomic E-state index is 0.195. The Balaban J connectivity index is 2.23. The summed E-state index contributed by atoms with van der Waals surface area (Å²) in [5, 5.41) is 15.1. The largest absolute Gasteiger partial charge is 0.477 e. The Morgan fingerprint density at radius 3 is 2.86 bits per heavy atom. The molecular formula is C15H17N3O3. The van der Waals surface area contributed by atoms with Crippen LogP contribution in [0.5, 0.6) is 0 Å². The number of carboxylic acid groups (broad SMARTS) is 1. The third-order valence-electron chi connectivity index (χ3n) is 3.77. The second kappa shape index (κ2) is 5.21. The predicted octanol–water partition coefficient (Wildman–Crippen LogP) is 0.629. The van der Waals surface area contributed by atoms with E-state index in [-0.39, 0.29) is 5.56 Å². The highest BCUT2D eigenvalue weighted by atomic mass is 16.4. The number of rotatable bonds is 2. The average molecular weight is 287 g/mol. The number of hydrogen-bond donors (Lipinski definition) is 2. The lowest BCUT2D eigenvalue weighted by Crippen LogP contribution is -2.54. The second-order valence-corrected chi connectivity index (χ2v) is 5.31. The second-order valence-electron chi connectivity index (χ2n) is 5.31. The van der Waals surface area contributed by atoms with E-state index in [1.807, 2.05) is 12.1 Å². The van der Waals surface area contributed by atoms with Crippen LogP contribution >= 0.6 is 0 Å². The molecule has 6 nitrogen and oxygen atoms in total. The van der Waals surface area contributed by atoms with Gasteiger partial charge in [-0.25, -0.2) is 4.79 Å². The van der Waals surface area contributed by atoms with Gasteiger partial charge in [-0.2, -0.15) is 0 Å². The van der Waals surface area contributed by atoms with Crippen LogP contribution in [0.2, 0.25) is 0 Å². The third kappa shape index (κ3) is 2.38. The Kier molecular flexibility index (Phi) is 3.39. The molecule has 110 valence electrons. The number of aromatic carboxylic acids is 1. The maximum absolute atomic E-state index is 12.2. The normalized spacial score (nSPS) is 18.9. The minimum atomic E-state index is -1.19. The fraction of sp³-hybridized carbons (Fsp3) is 0.333. The fourth-order valence-electron chi connectivity index (χ4n) is 2.75. The van der Waals surface area contributed by atoms with Gasteiger partial charge in [-0.1, -0.05) is 12.1 Å². The first-order valence-electron chi connectivity index (χ1n) is 6.94. The molecule has 0 aliphatic carbocycles. The number of piperazine rings is 1. The van der Waals surface area contributed by atoms with Crippen LogP contribution in [0.1, 0.15) is 17.3 Å². The summed E-state index contributed by atoms with van der Waals surface area (Å²) >= 11 is 0. The lowest BCUT2D eigenvalue weighted by molar-refractivity contribution is 0.0695. The molecule has 0 saturated carbocycles. The van der Waals surface area contributed by atoms with Crippen molar-refractivity contribution < 1.29 is 9.90 Å². The average Bonchev–Trinajstić information content (AvgIpc) is 2.47. The van der Waals surface area contributed by atoms with Crippen molar-refractivity contribution in [1.82, 2.24) is 9.99 Å². The first kappa shape index (κ1) is 13.6. The molecule has 2 heterocycles. The van der Waals surface area contributed by atoms with Gasteiger partial charge in [0.1, 0.15) is 5.56 Å². The molecule has 1 aromatic heterocycles. The zero-order valence-corrected chi connectivity index (χ0v) is 11.7. The smallest absolute Gasteiger partial charge is 0.341 e. The summed E-state index contributed by atoms with van der Waals surface area (Å²) in [4.78, 5) is 23.6. The highest BCUT2D eigenvalue weighted by molar-refractivity contribution is 5.92. The molecule has 0 radical (unpaired) electrons. The maximum Gasteiger partial charge on any atom is 0.341 e. The van der Waals surface area contributed by atoms with E-state index in [0.29, 0.717) is 11.4 Å². The molecule has 1 atom stereocenters. The Bertz CT molecular complexity index is 753. The van der Waals surface area contributed by atoms with Gasteiger partial charge in [0.2, 0.25) is 5.43 Å². The summed E-state index contributed by atoms with van der Waals surface area (Å²) < 4.78 is 1.80. The van der Waals surface area contributed by atoms with Crippen molar-refractivity contribution in [3.8, 4) is 0 Å². The van der Waals surface area contributed by atoms with E-state index >= 15 is 0 Å². The van der Waals surface area contributed by atoms with Gasteiger partial charge in [-0.3, -0.25) is 9.47 Å². The van der Waals surface area contributed by atoms with Crippen molar-refractivity contribution in [3.63, 3.8) is 0 Å². The van der Waals surface area contributed by atoms with Crippen molar-refractivity contribution in [2.45, 2.75) is 13.0 Å². The number of fused-ring (bicyclic) bond motifs is 1. The van der Waals surface area contributed by atoms with E-state index in [2.05, 4.69) is 17.2 Å². The summed E-state index contributed by atoms with van der Waals surface area (Å²) in [6.07, 6.45) is 1.44. The van der Waals surface area contributed by atoms with Crippen LogP contribution in [-0.2, 0) is 0 Å². The van der Waals surface area contributed by atoms with Gasteiger partial charge in [-0.15, -0.1) is 0 Å². The van der Waals surface area contributed by atoms with Gasteiger partial charge in [-0.05, 0) is 19.1 Å². The van der Waals surface area contributed by atoms with Crippen LogP contribution in [-0.4, -0.2) is 41.4 Å². The van der Waals surface area contributed by atoms with Crippen molar-refractivity contribution in [2.24, 2.45) is 0 Å². The van der Waals surface area contributed by atoms with E-state index in [9.17, 15) is 14.7 Å². The van der Waals surface area contributed by atoms with Crippen molar-refractivity contribution in [3.05, 3.63) is 46.2 Å². The summed E-state index contributed by atoms with van der Waals surface area (Å²) in [6, 6.07) is 7.43. The fourth-order valence-corrected chi connectivity index (χ4v) is 2.75. The van der Waals surface area contributed by atoms with E-state index in [1.54, 1.807) is 16.8 Å². The van der Waals surface area contributed by atoms with Crippen molar-refractivity contribution >= 4 is 16.9 Å². The highest BCUT2D eigenvalue weighted by Gasteiger charge is 2.20. The number of hydrogen-bond acceptors (Lipinski definition) is 4. The van der Waals surface area contributed by atoms with Crippen molar-refractivity contribution in [1.29, 1.82) is 0 Å². The Hall–Kier alpha value is -2.34. The summed E-state index contributed by atoms with van der Waals surface area (Å²) in [6.45, 7) is 4.42. The monoisotopic (exact) mass is 287 g/mol. The molecule has 1 aliphatic rings. The van der Waals surface area contributed by atoms with Gasteiger partial charge >= 0.3 is 5.97 Å². The van der Waals surface area contributed by atoms with Gasteiger partial charge in [0.25, 0.3) is 0 Å². The third-order valence-corrected chi connectivity index (χ3v) is 3.77. The molecule has 2 N–H and O–H groups in total. The molecule has 1 aliphatic heterocycles. The molecule has 0 amide bonds. The lowest BCUT2D eigenvalue weighted by atomic mass is 10.1. The van der Waals surface area contributed by atoms with Crippen LogP contribution in [0.25, 0.3) is 10.9 Å². The molecule has 0 spiro atoms. The van der Waals surface area contributed by atoms with Gasteiger partial charge in [0, 0.05) is 37.3 Å². The maximum atomic E-state index is 12.2. The SMILES string of the molecule is CC1CN(n2cc(C(=O)O)c(=O)c3ccccc32)CCN1. The number of nitrogens with one attached hydrogen (secondary N) is 1. The summed E-state index contributed by atoms with van der Waals surface area (Å²) in [5.41, 5.74) is 0.110. The number of pyridine rings is 1. The topological polar surface area (TPSA) is 74.6 Å². The van der Waals surface area contributed by atoms with Crippen LogP contribution in [0.4, 0.5) is 0 Å². The zero-order chi connectivity index (χ0) is 15.0. The Morgan fingerprint density at radius 2 is 2.14 bits per heavy atom. The first-order chi connectivity index (χ1) is 10.1. The zero-order valence-electron chi connectivity index (χ0n) is 11.7. The summed E-state index contributed by atoms with van der Waals surface area (Å²) in [5.74, 6) is -1.19. The van der Waals surface area contributed by atoms with E-state index in [4.69, 9.17) is 0 Å². The molecular weight excluding hydrogens is 270 g/mol. The molecule has 1 aromatic carbocycles. The van der Waals surface area contributed by atoms with Crippen LogP contribution in [0.15, 0.2) is 35.3 Å². The van der Waals surface area contributed by atoms with Crippen molar-refractivity contribution in [2.75, 3.05) is 24.6 Å². The molecule has 1 unspecified atom stereocenters. The molecule has 0 bridgehead atoms. The van der Waals surface area contributed by atoms with Crippen LogP contribution < -0.4 is 15.8 Å². The molecule has 3 rings (SSSR count). The number of para-hydroxylation sites is 1. The Labute approximate surface area is 121 Å². The van der Waals surface area contributed by atoms with Gasteiger partial charge < -0.3 is 15.4 Å². The van der Waals surface area contributed by atoms with E-state index < -0.39 is 11.4 Å². The number of nitrogens with zero attached hydrogens (tertiary/aromatic N) is 2. The molecule has 1 saturated heterocycles. The predicted molar refractivity (Wildman–Crippen MR) is 80.6 cm³/mol. The summed E-state index contributed by atoms with van der Waals surface area (Å²) in [7, 11) is 0. The van der Waals surface area contributed by atoms with Gasteiger partial charge in [0.05, 0.1) is 5.52 Å². The first-order valence-corrected chi connectivity index (χ1v) is 6.94. The van der Waals surface area contributed by atoms with E-state index in [0.717, 1.165) is 25.2 Å². The molecule has 1 fully saturated rings. The number of carbonyl (C=O) groups is 1. The minimum Gasteiger partial charge on any atom is -0.477 e. The van der Waals surface area contributed by atoms with Crippen LogP contribution in [0, 0.1) is 0 Å². The number of carboxylic acids is 1. The molecule has 2 aromatic rings. The standard InChI is InChI=1S/C15H17N3O3/c1-10-8-17(7-6-16-10)18-9-12(15(20)21)14(19)11-4-2-3-5-13(11)18/h2-5,9-10,16H,6-8H2,1H3,(H,20,21). The lowest BCUT2D eigenvalue weighted by Gasteiger charge is -2.36. The Morgan fingerprint density at radius 1 is 1.38 bits per heavy atom. The number of benzene rings is 1.